The molecule has 8 heteroatoms. The first kappa shape index (κ1) is 48.6. The minimum absolute atomic E-state index is 0.00206. The summed E-state index contributed by atoms with van der Waals surface area (Å²) in [7, 11) is -2.31. The van der Waals surface area contributed by atoms with Gasteiger partial charge in [-0.15, -0.1) is 9.05 Å². The number of carbonyl (C=O) groups excluding carboxylic acids is 1. The summed E-state index contributed by atoms with van der Waals surface area (Å²) in [5.74, 6) is 0.00206. The van der Waals surface area contributed by atoms with Gasteiger partial charge < -0.3 is 14.8 Å². The normalized spacial score (nSPS) is 12.3. The van der Waals surface area contributed by atoms with Crippen molar-refractivity contribution in [3.05, 3.63) is 35.9 Å². The maximum absolute atomic E-state index is 12.8. The van der Waals surface area contributed by atoms with E-state index in [0.717, 1.165) is 31.2 Å². The zero-order chi connectivity index (χ0) is 37.4. The Morgan fingerprint density at radius 3 is 1.50 bits per heavy atom. The molecular formula is C44H81NO6P+. The Bertz CT molecular complexity index is 904. The summed E-state index contributed by atoms with van der Waals surface area (Å²) in [6.07, 6.45) is 35.7. The van der Waals surface area contributed by atoms with Crippen molar-refractivity contribution in [1.82, 2.24) is 5.32 Å². The lowest BCUT2D eigenvalue weighted by Crippen LogP contribution is -2.41. The molecule has 1 N–H and O–H groups in total. The number of amides is 1. The molecule has 2 atom stereocenters. The van der Waals surface area contributed by atoms with Gasteiger partial charge in [0.1, 0.15) is 13.2 Å². The maximum atomic E-state index is 12.8. The van der Waals surface area contributed by atoms with Crippen LogP contribution in [0.5, 0.6) is 0 Å². The number of benzene rings is 1. The van der Waals surface area contributed by atoms with Crippen LogP contribution >= 0.6 is 8.25 Å². The third-order valence-corrected chi connectivity index (χ3v) is 10.5. The van der Waals surface area contributed by atoms with Gasteiger partial charge in [-0.05, 0) is 18.4 Å². The van der Waals surface area contributed by atoms with E-state index in [1.807, 2.05) is 30.3 Å². The van der Waals surface area contributed by atoms with Crippen molar-refractivity contribution < 1.29 is 27.9 Å². The number of hydrogen-bond donors (Lipinski definition) is 1. The highest BCUT2D eigenvalue weighted by Gasteiger charge is 2.24. The van der Waals surface area contributed by atoms with Crippen LogP contribution in [0.25, 0.3) is 0 Å². The summed E-state index contributed by atoms with van der Waals surface area (Å²) in [5.41, 5.74) is 1.08. The highest BCUT2D eigenvalue weighted by atomic mass is 31.1. The van der Waals surface area contributed by atoms with Crippen LogP contribution in [0.4, 0.5) is 0 Å². The molecule has 0 aliphatic rings. The largest absolute Gasteiger partial charge is 0.697 e. The lowest BCUT2D eigenvalue weighted by molar-refractivity contribution is -0.122. The number of rotatable bonds is 41. The van der Waals surface area contributed by atoms with Gasteiger partial charge in [0.05, 0.1) is 25.9 Å². The van der Waals surface area contributed by atoms with Crippen molar-refractivity contribution in [2.45, 2.75) is 206 Å². The molecule has 0 heterocycles. The Kier molecular flexibility index (Phi) is 36.8. The Morgan fingerprint density at radius 2 is 1.00 bits per heavy atom. The molecule has 1 unspecified atom stereocenters. The Hall–Kier alpha value is -1.37. The van der Waals surface area contributed by atoms with Gasteiger partial charge in [0, 0.05) is 17.6 Å². The third kappa shape index (κ3) is 34.4. The van der Waals surface area contributed by atoms with Crippen molar-refractivity contribution in [2.75, 3.05) is 33.0 Å². The number of carbonyl (C=O) groups is 1. The van der Waals surface area contributed by atoms with Crippen molar-refractivity contribution in [1.29, 1.82) is 0 Å². The zero-order valence-corrected chi connectivity index (χ0v) is 34.8. The van der Waals surface area contributed by atoms with Gasteiger partial charge in [-0.25, -0.2) is 0 Å². The molecule has 0 aliphatic heterocycles. The number of nitrogens with one attached hydrogen (secondary N) is 1. The first-order valence-electron chi connectivity index (χ1n) is 21.9. The van der Waals surface area contributed by atoms with Gasteiger partial charge in [-0.3, -0.25) is 4.79 Å². The average molecular weight is 751 g/mol. The molecule has 0 spiro atoms. The second kappa shape index (κ2) is 39.3. The van der Waals surface area contributed by atoms with Gasteiger partial charge in [0.2, 0.25) is 5.91 Å². The van der Waals surface area contributed by atoms with E-state index in [0.29, 0.717) is 32.8 Å². The summed E-state index contributed by atoms with van der Waals surface area (Å²) >= 11 is 0. The minimum atomic E-state index is -2.31. The van der Waals surface area contributed by atoms with Crippen LogP contribution in [0.3, 0.4) is 0 Å². The fourth-order valence-corrected chi connectivity index (χ4v) is 7.08. The average Bonchev–Trinajstić information content (AvgIpc) is 3.15. The van der Waals surface area contributed by atoms with E-state index in [-0.39, 0.29) is 25.2 Å². The molecule has 0 bridgehead atoms. The van der Waals surface area contributed by atoms with E-state index < -0.39 is 8.25 Å². The standard InChI is InChI=1S/C44H80NO6P/c1-3-5-7-9-11-13-15-17-19-21-23-25-27-32-36-48-40-43(41-51-52(47)50-38-37-49-39-42-33-29-28-30-34-42)45-44(46)35-31-26-24-22-20-18-16-14-12-10-8-6-4-2/h28-30,33-34,43H,3-27,31-32,35-41H2,1-2H3/p+1/t43-/m1/s1. The molecule has 1 aromatic carbocycles. The molecule has 0 aliphatic carbocycles. The lowest BCUT2D eigenvalue weighted by Gasteiger charge is -2.16. The quantitative estimate of drug-likeness (QED) is 0.0530. The SMILES string of the molecule is CCCCCCCCCCCCCCCCOC[C@H](CO[P+](=O)OCCOCc1ccccc1)NC(=O)CCCCCCCCCCCCCCC. The molecule has 0 fully saturated rings. The Morgan fingerprint density at radius 1 is 0.538 bits per heavy atom. The molecule has 1 amide bonds. The van der Waals surface area contributed by atoms with Gasteiger partial charge in [-0.2, -0.15) is 0 Å². The molecule has 0 saturated heterocycles. The van der Waals surface area contributed by atoms with E-state index in [1.54, 1.807) is 0 Å². The highest BCUT2D eigenvalue weighted by Crippen LogP contribution is 2.24. The highest BCUT2D eigenvalue weighted by molar-refractivity contribution is 7.33. The Labute approximate surface area is 321 Å². The molecule has 0 radical (unpaired) electrons. The third-order valence-electron chi connectivity index (χ3n) is 9.75. The van der Waals surface area contributed by atoms with Crippen LogP contribution in [0.15, 0.2) is 30.3 Å². The fraction of sp³-hybridized carbons (Fsp3) is 0.841. The molecule has 0 saturated carbocycles. The molecule has 1 aromatic rings. The van der Waals surface area contributed by atoms with E-state index in [9.17, 15) is 9.36 Å². The topological polar surface area (TPSA) is 83.1 Å². The predicted octanol–water partition coefficient (Wildman–Crippen LogP) is 13.4. The van der Waals surface area contributed by atoms with Crippen LogP contribution < -0.4 is 5.32 Å². The van der Waals surface area contributed by atoms with E-state index in [4.69, 9.17) is 18.5 Å². The van der Waals surface area contributed by atoms with Gasteiger partial charge in [0.25, 0.3) is 0 Å². The van der Waals surface area contributed by atoms with Crippen molar-refractivity contribution in [3.63, 3.8) is 0 Å². The zero-order valence-electron chi connectivity index (χ0n) is 33.9. The number of unbranched alkanes of at least 4 members (excludes halogenated alkanes) is 25. The van der Waals surface area contributed by atoms with Crippen LogP contribution in [-0.4, -0.2) is 45.0 Å². The summed E-state index contributed by atoms with van der Waals surface area (Å²) in [6, 6.07) is 9.54. The smallest absolute Gasteiger partial charge is 0.379 e. The second-order valence-corrected chi connectivity index (χ2v) is 15.8. The summed E-state index contributed by atoms with van der Waals surface area (Å²) in [5, 5.41) is 3.06. The van der Waals surface area contributed by atoms with Crippen LogP contribution in [0, 0.1) is 0 Å². The van der Waals surface area contributed by atoms with Crippen LogP contribution in [0.2, 0.25) is 0 Å². The predicted molar refractivity (Wildman–Crippen MR) is 219 cm³/mol. The molecule has 302 valence electrons. The number of hydrogen-bond acceptors (Lipinski definition) is 6. The first-order valence-corrected chi connectivity index (χ1v) is 23.0. The molecule has 7 nitrogen and oxygen atoms in total. The van der Waals surface area contributed by atoms with Crippen molar-refractivity contribution in [2.24, 2.45) is 0 Å². The minimum Gasteiger partial charge on any atom is -0.379 e. The maximum Gasteiger partial charge on any atom is 0.697 e. The van der Waals surface area contributed by atoms with Crippen LogP contribution in [0.1, 0.15) is 199 Å². The molecule has 0 aromatic heterocycles. The molecular weight excluding hydrogens is 669 g/mol. The lowest BCUT2D eigenvalue weighted by atomic mass is 10.0. The first-order chi connectivity index (χ1) is 25.7. The molecule has 52 heavy (non-hydrogen) atoms. The van der Waals surface area contributed by atoms with Gasteiger partial charge >= 0.3 is 8.25 Å². The van der Waals surface area contributed by atoms with Crippen molar-refractivity contribution in [3.8, 4) is 0 Å². The summed E-state index contributed by atoms with van der Waals surface area (Å²) in [6.45, 7) is 6.60. The monoisotopic (exact) mass is 751 g/mol. The van der Waals surface area contributed by atoms with E-state index in [2.05, 4.69) is 19.2 Å². The van der Waals surface area contributed by atoms with E-state index >= 15 is 0 Å². The van der Waals surface area contributed by atoms with Crippen LogP contribution in [-0.2, 0) is 34.5 Å². The molecule has 1 rings (SSSR count). The fourth-order valence-electron chi connectivity index (χ4n) is 6.48. The summed E-state index contributed by atoms with van der Waals surface area (Å²) < 4.78 is 34.8. The van der Waals surface area contributed by atoms with Crippen molar-refractivity contribution >= 4 is 14.2 Å². The Balaban J connectivity index is 2.20. The summed E-state index contributed by atoms with van der Waals surface area (Å²) in [4.78, 5) is 12.8. The van der Waals surface area contributed by atoms with E-state index in [1.165, 1.54) is 148 Å². The van der Waals surface area contributed by atoms with Gasteiger partial charge in [0.15, 0.2) is 0 Å². The second-order valence-electron chi connectivity index (χ2n) is 14.8. The number of ether oxygens (including phenoxy) is 2. The van der Waals surface area contributed by atoms with Gasteiger partial charge in [-0.1, -0.05) is 205 Å².